The molecule has 2 rings (SSSR count). The van der Waals surface area contributed by atoms with E-state index in [2.05, 4.69) is 10.3 Å². The lowest BCUT2D eigenvalue weighted by molar-refractivity contribution is 0.0195. The van der Waals surface area contributed by atoms with Gasteiger partial charge >= 0.3 is 6.09 Å². The van der Waals surface area contributed by atoms with E-state index in [-0.39, 0.29) is 12.1 Å². The first-order valence-corrected chi connectivity index (χ1v) is 6.78. The quantitative estimate of drug-likeness (QED) is 0.814. The zero-order chi connectivity index (χ0) is 14.8. The van der Waals surface area contributed by atoms with Crippen molar-refractivity contribution in [3.8, 4) is 0 Å². The Morgan fingerprint density at radius 1 is 1.50 bits per heavy atom. The minimum atomic E-state index is -0.472. The van der Waals surface area contributed by atoms with Gasteiger partial charge < -0.3 is 20.7 Å². The van der Waals surface area contributed by atoms with Crippen molar-refractivity contribution in [1.82, 2.24) is 15.2 Å². The molecule has 6 nitrogen and oxygen atoms in total. The van der Waals surface area contributed by atoms with Gasteiger partial charge in [0.05, 0.1) is 6.04 Å². The van der Waals surface area contributed by atoms with Crippen molar-refractivity contribution in [2.75, 3.05) is 25.4 Å². The highest BCUT2D eigenvalue weighted by Crippen LogP contribution is 2.19. The predicted molar refractivity (Wildman–Crippen MR) is 77.2 cm³/mol. The first-order chi connectivity index (χ1) is 9.35. The van der Waals surface area contributed by atoms with Crippen molar-refractivity contribution >= 4 is 11.9 Å². The average Bonchev–Trinajstić information content (AvgIpc) is 2.38. The Kier molecular flexibility index (Phi) is 4.13. The van der Waals surface area contributed by atoms with E-state index in [1.807, 2.05) is 26.8 Å². The zero-order valence-electron chi connectivity index (χ0n) is 12.2. The summed E-state index contributed by atoms with van der Waals surface area (Å²) in [6.45, 7) is 7.56. The van der Waals surface area contributed by atoms with Gasteiger partial charge in [0, 0.05) is 25.8 Å². The van der Waals surface area contributed by atoms with Crippen molar-refractivity contribution < 1.29 is 9.53 Å². The van der Waals surface area contributed by atoms with Gasteiger partial charge in [-0.1, -0.05) is 6.07 Å². The van der Waals surface area contributed by atoms with Crippen LogP contribution in [0.4, 0.5) is 10.6 Å². The number of piperazine rings is 1. The molecule has 0 bridgehead atoms. The Balaban J connectivity index is 2.01. The summed E-state index contributed by atoms with van der Waals surface area (Å²) in [5.41, 5.74) is 6.13. The summed E-state index contributed by atoms with van der Waals surface area (Å²) < 4.78 is 5.40. The Labute approximate surface area is 119 Å². The Morgan fingerprint density at radius 2 is 2.25 bits per heavy atom. The maximum Gasteiger partial charge on any atom is 0.410 e. The molecule has 0 aromatic carbocycles. The molecule has 0 spiro atoms. The SMILES string of the molecule is CC(C)(C)OC(=O)N1CCNC(c2ccc(N)nc2)C1. The van der Waals surface area contributed by atoms with E-state index in [9.17, 15) is 4.79 Å². The monoisotopic (exact) mass is 278 g/mol. The molecule has 1 aromatic heterocycles. The smallest absolute Gasteiger partial charge is 0.410 e. The number of carbonyl (C=O) groups is 1. The lowest BCUT2D eigenvalue weighted by Crippen LogP contribution is -2.49. The topological polar surface area (TPSA) is 80.5 Å². The molecule has 1 unspecified atom stereocenters. The molecule has 3 N–H and O–H groups in total. The normalized spacial score (nSPS) is 19.8. The summed E-state index contributed by atoms with van der Waals surface area (Å²) in [4.78, 5) is 17.9. The highest BCUT2D eigenvalue weighted by atomic mass is 16.6. The van der Waals surface area contributed by atoms with Crippen LogP contribution in [0.1, 0.15) is 32.4 Å². The van der Waals surface area contributed by atoms with Gasteiger partial charge in [-0.2, -0.15) is 0 Å². The number of hydrogen-bond donors (Lipinski definition) is 2. The van der Waals surface area contributed by atoms with E-state index in [1.54, 1.807) is 17.2 Å². The molecule has 1 aliphatic heterocycles. The molecule has 1 saturated heterocycles. The number of pyridine rings is 1. The summed E-state index contributed by atoms with van der Waals surface area (Å²) in [7, 11) is 0. The summed E-state index contributed by atoms with van der Waals surface area (Å²) in [5.74, 6) is 0.494. The molecular formula is C14H22N4O2. The molecule has 1 aliphatic rings. The lowest BCUT2D eigenvalue weighted by Gasteiger charge is -2.35. The van der Waals surface area contributed by atoms with Crippen LogP contribution in [0.2, 0.25) is 0 Å². The number of nitrogen functional groups attached to an aromatic ring is 1. The molecule has 0 aliphatic carbocycles. The Hall–Kier alpha value is -1.82. The fourth-order valence-electron chi connectivity index (χ4n) is 2.09. The lowest BCUT2D eigenvalue weighted by atomic mass is 10.1. The fourth-order valence-corrected chi connectivity index (χ4v) is 2.09. The van der Waals surface area contributed by atoms with Gasteiger partial charge in [-0.05, 0) is 32.4 Å². The van der Waals surface area contributed by atoms with Crippen LogP contribution in [0.15, 0.2) is 18.3 Å². The van der Waals surface area contributed by atoms with Gasteiger partial charge in [-0.3, -0.25) is 0 Å². The average molecular weight is 278 g/mol. The second kappa shape index (κ2) is 5.66. The predicted octanol–water partition coefficient (Wildman–Crippen LogP) is 1.55. The standard InChI is InChI=1S/C14H22N4O2/c1-14(2,3)20-13(19)18-7-6-16-11(9-18)10-4-5-12(15)17-8-10/h4-5,8,11,16H,6-7,9H2,1-3H3,(H2,15,17). The summed E-state index contributed by atoms with van der Waals surface area (Å²) in [6.07, 6.45) is 1.47. The number of hydrogen-bond acceptors (Lipinski definition) is 5. The molecule has 1 aromatic rings. The number of aromatic nitrogens is 1. The van der Waals surface area contributed by atoms with Gasteiger partial charge in [0.15, 0.2) is 0 Å². The van der Waals surface area contributed by atoms with Gasteiger partial charge in [0.2, 0.25) is 0 Å². The van der Waals surface area contributed by atoms with E-state index in [0.29, 0.717) is 18.9 Å². The number of rotatable bonds is 1. The van der Waals surface area contributed by atoms with Crippen LogP contribution in [-0.4, -0.2) is 41.2 Å². The van der Waals surface area contributed by atoms with Crippen LogP contribution in [-0.2, 0) is 4.74 Å². The number of amides is 1. The van der Waals surface area contributed by atoms with Crippen molar-refractivity contribution in [3.05, 3.63) is 23.9 Å². The Bertz CT molecular complexity index is 467. The largest absolute Gasteiger partial charge is 0.444 e. The number of nitrogens with two attached hydrogens (primary N) is 1. The number of ether oxygens (including phenoxy) is 1. The van der Waals surface area contributed by atoms with Crippen LogP contribution in [0.25, 0.3) is 0 Å². The minimum absolute atomic E-state index is 0.0596. The summed E-state index contributed by atoms with van der Waals surface area (Å²) in [6, 6.07) is 3.76. The van der Waals surface area contributed by atoms with Crippen molar-refractivity contribution in [2.24, 2.45) is 0 Å². The number of nitrogens with one attached hydrogen (secondary N) is 1. The van der Waals surface area contributed by atoms with E-state index in [4.69, 9.17) is 10.5 Å². The summed E-state index contributed by atoms with van der Waals surface area (Å²) >= 11 is 0. The molecule has 1 fully saturated rings. The van der Waals surface area contributed by atoms with Crippen LogP contribution in [0.3, 0.4) is 0 Å². The van der Waals surface area contributed by atoms with Gasteiger partial charge in [0.25, 0.3) is 0 Å². The molecule has 1 amide bonds. The highest BCUT2D eigenvalue weighted by molar-refractivity contribution is 5.68. The van der Waals surface area contributed by atoms with Crippen LogP contribution < -0.4 is 11.1 Å². The molecule has 2 heterocycles. The minimum Gasteiger partial charge on any atom is -0.444 e. The molecule has 20 heavy (non-hydrogen) atoms. The third-order valence-electron chi connectivity index (χ3n) is 3.04. The van der Waals surface area contributed by atoms with Crippen LogP contribution in [0.5, 0.6) is 0 Å². The van der Waals surface area contributed by atoms with E-state index < -0.39 is 5.60 Å². The van der Waals surface area contributed by atoms with Gasteiger partial charge in [-0.25, -0.2) is 9.78 Å². The summed E-state index contributed by atoms with van der Waals surface area (Å²) in [5, 5.41) is 3.37. The maximum absolute atomic E-state index is 12.1. The third kappa shape index (κ3) is 3.84. The molecule has 0 saturated carbocycles. The van der Waals surface area contributed by atoms with Crippen molar-refractivity contribution in [3.63, 3.8) is 0 Å². The zero-order valence-corrected chi connectivity index (χ0v) is 12.2. The highest BCUT2D eigenvalue weighted by Gasteiger charge is 2.28. The van der Waals surface area contributed by atoms with E-state index in [1.165, 1.54) is 0 Å². The Morgan fingerprint density at radius 3 is 2.85 bits per heavy atom. The number of nitrogens with zero attached hydrogens (tertiary/aromatic N) is 2. The third-order valence-corrected chi connectivity index (χ3v) is 3.04. The second-order valence-corrected chi connectivity index (χ2v) is 5.95. The van der Waals surface area contributed by atoms with E-state index in [0.717, 1.165) is 12.1 Å². The van der Waals surface area contributed by atoms with E-state index >= 15 is 0 Å². The van der Waals surface area contributed by atoms with Gasteiger partial charge in [-0.15, -0.1) is 0 Å². The van der Waals surface area contributed by atoms with Crippen LogP contribution in [0, 0.1) is 0 Å². The maximum atomic E-state index is 12.1. The van der Waals surface area contributed by atoms with Crippen molar-refractivity contribution in [1.29, 1.82) is 0 Å². The number of anilines is 1. The van der Waals surface area contributed by atoms with Crippen LogP contribution >= 0.6 is 0 Å². The molecule has 6 heteroatoms. The molecule has 110 valence electrons. The van der Waals surface area contributed by atoms with Gasteiger partial charge in [0.1, 0.15) is 11.4 Å². The second-order valence-electron chi connectivity index (χ2n) is 5.95. The first kappa shape index (κ1) is 14.6. The fraction of sp³-hybridized carbons (Fsp3) is 0.571. The molecule has 1 atom stereocenters. The van der Waals surface area contributed by atoms with Crippen molar-refractivity contribution in [2.45, 2.75) is 32.4 Å². The molecule has 0 radical (unpaired) electrons. The molecular weight excluding hydrogens is 256 g/mol. The first-order valence-electron chi connectivity index (χ1n) is 6.78. The number of carbonyl (C=O) groups excluding carboxylic acids is 1.